The first-order valence-corrected chi connectivity index (χ1v) is 5.48. The van der Waals surface area contributed by atoms with Crippen molar-refractivity contribution in [2.45, 2.75) is 26.3 Å². The number of aryl methyl sites for hydroxylation is 1. The molecule has 5 nitrogen and oxygen atoms in total. The van der Waals surface area contributed by atoms with Gasteiger partial charge in [-0.2, -0.15) is 0 Å². The number of imidazole rings is 1. The largest absolute Gasteiger partial charge is 0.469 e. The second-order valence-electron chi connectivity index (χ2n) is 3.61. The fourth-order valence-electron chi connectivity index (χ4n) is 1.55. The van der Waals surface area contributed by atoms with E-state index in [1.54, 1.807) is 6.20 Å². The lowest BCUT2D eigenvalue weighted by molar-refractivity contribution is -0.140. The quantitative estimate of drug-likeness (QED) is 0.684. The third-order valence-electron chi connectivity index (χ3n) is 2.48. The van der Waals surface area contributed by atoms with E-state index in [9.17, 15) is 4.79 Å². The van der Waals surface area contributed by atoms with Crippen LogP contribution in [0.3, 0.4) is 0 Å². The number of hydrogen-bond acceptors (Lipinski definition) is 4. The number of esters is 1. The Hall–Kier alpha value is -1.52. The maximum absolute atomic E-state index is 10.9. The SMILES string of the molecule is CCn1ccnc1N(C)CCCC(=O)OC. The minimum absolute atomic E-state index is 0.160. The molecule has 0 bridgehead atoms. The molecule has 0 aromatic carbocycles. The van der Waals surface area contributed by atoms with Crippen molar-refractivity contribution in [3.63, 3.8) is 0 Å². The average Bonchev–Trinajstić information content (AvgIpc) is 2.76. The molecule has 5 heteroatoms. The highest BCUT2D eigenvalue weighted by atomic mass is 16.5. The number of carbonyl (C=O) groups is 1. The number of aromatic nitrogens is 2. The van der Waals surface area contributed by atoms with Crippen molar-refractivity contribution in [2.75, 3.05) is 25.6 Å². The predicted octanol–water partition coefficient (Wildman–Crippen LogP) is 1.29. The summed E-state index contributed by atoms with van der Waals surface area (Å²) in [6.45, 7) is 3.77. The van der Waals surface area contributed by atoms with Crippen molar-refractivity contribution < 1.29 is 9.53 Å². The molecule has 0 unspecified atom stereocenters. The molecule has 0 aliphatic heterocycles. The highest BCUT2D eigenvalue weighted by Gasteiger charge is 2.08. The zero-order valence-corrected chi connectivity index (χ0v) is 10.1. The summed E-state index contributed by atoms with van der Waals surface area (Å²) in [5.41, 5.74) is 0. The van der Waals surface area contributed by atoms with Crippen LogP contribution < -0.4 is 4.90 Å². The van der Waals surface area contributed by atoms with E-state index in [4.69, 9.17) is 0 Å². The first-order valence-electron chi connectivity index (χ1n) is 5.48. The number of ether oxygens (including phenoxy) is 1. The van der Waals surface area contributed by atoms with Gasteiger partial charge in [0.05, 0.1) is 7.11 Å². The van der Waals surface area contributed by atoms with E-state index in [0.717, 1.165) is 25.5 Å². The van der Waals surface area contributed by atoms with Crippen LogP contribution in [0, 0.1) is 0 Å². The molecule has 0 saturated heterocycles. The monoisotopic (exact) mass is 225 g/mol. The molecule has 0 fully saturated rings. The molecule has 0 aliphatic rings. The van der Waals surface area contributed by atoms with Crippen LogP contribution in [0.5, 0.6) is 0 Å². The fraction of sp³-hybridized carbons (Fsp3) is 0.636. The van der Waals surface area contributed by atoms with Crippen LogP contribution in [0.2, 0.25) is 0 Å². The van der Waals surface area contributed by atoms with Crippen molar-refractivity contribution in [2.24, 2.45) is 0 Å². The predicted molar refractivity (Wildman–Crippen MR) is 62.4 cm³/mol. The van der Waals surface area contributed by atoms with Crippen LogP contribution >= 0.6 is 0 Å². The number of methoxy groups -OCH3 is 1. The second-order valence-corrected chi connectivity index (χ2v) is 3.61. The van der Waals surface area contributed by atoms with Gasteiger partial charge in [-0.15, -0.1) is 0 Å². The van der Waals surface area contributed by atoms with E-state index in [1.165, 1.54) is 7.11 Å². The van der Waals surface area contributed by atoms with E-state index >= 15 is 0 Å². The van der Waals surface area contributed by atoms with Crippen molar-refractivity contribution in [1.29, 1.82) is 0 Å². The summed E-state index contributed by atoms with van der Waals surface area (Å²) in [5.74, 6) is 0.777. The lowest BCUT2D eigenvalue weighted by atomic mass is 10.3. The van der Waals surface area contributed by atoms with E-state index in [2.05, 4.69) is 21.2 Å². The van der Waals surface area contributed by atoms with Crippen LogP contribution in [0.15, 0.2) is 12.4 Å². The van der Waals surface area contributed by atoms with Crippen molar-refractivity contribution in [3.8, 4) is 0 Å². The lowest BCUT2D eigenvalue weighted by Crippen LogP contribution is -2.23. The Labute approximate surface area is 96.0 Å². The Balaban J connectivity index is 2.40. The van der Waals surface area contributed by atoms with Gasteiger partial charge >= 0.3 is 5.97 Å². The standard InChI is InChI=1S/C11H19N3O2/c1-4-14-9-7-12-11(14)13(2)8-5-6-10(15)16-3/h7,9H,4-6,8H2,1-3H3. The highest BCUT2D eigenvalue weighted by molar-refractivity contribution is 5.69. The van der Waals surface area contributed by atoms with E-state index in [-0.39, 0.29) is 5.97 Å². The molecule has 1 aromatic rings. The second kappa shape index (κ2) is 6.15. The summed E-state index contributed by atoms with van der Waals surface area (Å²) >= 11 is 0. The average molecular weight is 225 g/mol. The maximum Gasteiger partial charge on any atom is 0.305 e. The molecule has 16 heavy (non-hydrogen) atoms. The molecular formula is C11H19N3O2. The fourth-order valence-corrected chi connectivity index (χ4v) is 1.55. The Morgan fingerprint density at radius 3 is 3.00 bits per heavy atom. The minimum atomic E-state index is -0.160. The lowest BCUT2D eigenvalue weighted by Gasteiger charge is -2.18. The highest BCUT2D eigenvalue weighted by Crippen LogP contribution is 2.10. The molecule has 0 atom stereocenters. The summed E-state index contributed by atoms with van der Waals surface area (Å²) in [5, 5.41) is 0. The maximum atomic E-state index is 10.9. The molecule has 0 radical (unpaired) electrons. The first kappa shape index (κ1) is 12.5. The van der Waals surface area contributed by atoms with Gasteiger partial charge in [0.2, 0.25) is 5.95 Å². The van der Waals surface area contributed by atoms with Crippen molar-refractivity contribution in [3.05, 3.63) is 12.4 Å². The molecule has 1 rings (SSSR count). The van der Waals surface area contributed by atoms with Crippen LogP contribution in [0.1, 0.15) is 19.8 Å². The third-order valence-corrected chi connectivity index (χ3v) is 2.48. The number of carbonyl (C=O) groups excluding carboxylic acids is 1. The van der Waals surface area contributed by atoms with Gasteiger partial charge in [-0.3, -0.25) is 4.79 Å². The molecule has 0 amide bonds. The van der Waals surface area contributed by atoms with E-state index < -0.39 is 0 Å². The van der Waals surface area contributed by atoms with Gasteiger partial charge in [-0.05, 0) is 13.3 Å². The smallest absolute Gasteiger partial charge is 0.305 e. The van der Waals surface area contributed by atoms with Crippen LogP contribution in [-0.4, -0.2) is 36.2 Å². The summed E-state index contributed by atoms with van der Waals surface area (Å²) in [7, 11) is 3.39. The topological polar surface area (TPSA) is 47.4 Å². The van der Waals surface area contributed by atoms with Gasteiger partial charge in [0.15, 0.2) is 0 Å². The summed E-state index contributed by atoms with van der Waals surface area (Å²) < 4.78 is 6.66. The Kier molecular flexibility index (Phi) is 4.82. The van der Waals surface area contributed by atoms with Crippen LogP contribution in [-0.2, 0) is 16.1 Å². The van der Waals surface area contributed by atoms with Crippen molar-refractivity contribution >= 4 is 11.9 Å². The normalized spacial score (nSPS) is 10.2. The van der Waals surface area contributed by atoms with Crippen LogP contribution in [0.4, 0.5) is 5.95 Å². The number of nitrogens with zero attached hydrogens (tertiary/aromatic N) is 3. The molecule has 0 N–H and O–H groups in total. The summed E-state index contributed by atoms with van der Waals surface area (Å²) in [4.78, 5) is 17.3. The van der Waals surface area contributed by atoms with Gasteiger partial charge < -0.3 is 14.2 Å². The Morgan fingerprint density at radius 1 is 1.62 bits per heavy atom. The number of anilines is 1. The zero-order chi connectivity index (χ0) is 12.0. The van der Waals surface area contributed by atoms with Gasteiger partial charge in [0.25, 0.3) is 0 Å². The van der Waals surface area contributed by atoms with Crippen molar-refractivity contribution in [1.82, 2.24) is 9.55 Å². The van der Waals surface area contributed by atoms with Crippen LogP contribution in [0.25, 0.3) is 0 Å². The van der Waals surface area contributed by atoms with E-state index in [1.807, 2.05) is 18.1 Å². The third kappa shape index (κ3) is 3.25. The molecule has 0 spiro atoms. The molecule has 90 valence electrons. The first-order chi connectivity index (χ1) is 7.69. The van der Waals surface area contributed by atoms with Gasteiger partial charge in [-0.25, -0.2) is 4.98 Å². The molecule has 1 heterocycles. The zero-order valence-electron chi connectivity index (χ0n) is 10.1. The minimum Gasteiger partial charge on any atom is -0.469 e. The van der Waals surface area contributed by atoms with Gasteiger partial charge in [0.1, 0.15) is 0 Å². The number of rotatable bonds is 6. The number of hydrogen-bond donors (Lipinski definition) is 0. The molecule has 0 aliphatic carbocycles. The molecule has 1 aromatic heterocycles. The summed E-state index contributed by atoms with van der Waals surface area (Å²) in [6, 6.07) is 0. The van der Waals surface area contributed by atoms with E-state index in [0.29, 0.717) is 6.42 Å². The molecular weight excluding hydrogens is 206 g/mol. The van der Waals surface area contributed by atoms with Gasteiger partial charge in [-0.1, -0.05) is 0 Å². The molecule has 0 saturated carbocycles. The Bertz CT molecular complexity index is 336. The Morgan fingerprint density at radius 2 is 2.38 bits per heavy atom. The van der Waals surface area contributed by atoms with Gasteiger partial charge in [0, 0.05) is 39.0 Å². The summed E-state index contributed by atoms with van der Waals surface area (Å²) in [6.07, 6.45) is 4.97.